The van der Waals surface area contributed by atoms with E-state index in [4.69, 9.17) is 4.42 Å². The van der Waals surface area contributed by atoms with Crippen LogP contribution in [-0.2, 0) is 0 Å². The number of hydrogen-bond donors (Lipinski definition) is 1. The van der Waals surface area contributed by atoms with Gasteiger partial charge in [0, 0.05) is 30.0 Å². The van der Waals surface area contributed by atoms with Gasteiger partial charge in [0.25, 0.3) is 0 Å². The smallest absolute Gasteiger partial charge is 0.313 e. The van der Waals surface area contributed by atoms with Crippen LogP contribution in [0.3, 0.4) is 0 Å². The molecule has 25 heavy (non-hydrogen) atoms. The lowest BCUT2D eigenvalue weighted by Gasteiger charge is -2.21. The molecule has 0 bridgehead atoms. The molecule has 1 aromatic heterocycles. The lowest BCUT2D eigenvalue weighted by molar-refractivity contribution is 0.0991. The molecule has 6 nitrogen and oxygen atoms in total. The summed E-state index contributed by atoms with van der Waals surface area (Å²) < 4.78 is 5.46. The summed E-state index contributed by atoms with van der Waals surface area (Å²) >= 11 is 0. The highest BCUT2D eigenvalue weighted by atomic mass is 16.4. The summed E-state index contributed by atoms with van der Waals surface area (Å²) in [6.45, 7) is 6.09. The molecule has 128 valence electrons. The van der Waals surface area contributed by atoms with Gasteiger partial charge < -0.3 is 14.6 Å². The molecule has 1 heterocycles. The molecule has 0 saturated carbocycles. The molecular weight excluding hydrogens is 316 g/mol. The highest BCUT2D eigenvalue weighted by molar-refractivity contribution is 6.01. The third-order valence-corrected chi connectivity index (χ3v) is 3.89. The topological polar surface area (TPSA) is 71.3 Å². The lowest BCUT2D eigenvalue weighted by Crippen LogP contribution is -2.21. The Balaban J connectivity index is 1.69. The van der Waals surface area contributed by atoms with Crippen LogP contribution in [0.2, 0.25) is 0 Å². The molecule has 0 aliphatic rings. The van der Waals surface area contributed by atoms with Crippen molar-refractivity contribution in [2.75, 3.05) is 23.3 Å². The Morgan fingerprint density at radius 2 is 1.68 bits per heavy atom. The second-order valence-corrected chi connectivity index (χ2v) is 5.45. The van der Waals surface area contributed by atoms with Gasteiger partial charge in [0.15, 0.2) is 0 Å². The number of carbonyl (C=O) groups excluding carboxylic acids is 1. The fourth-order valence-electron chi connectivity index (χ4n) is 2.54. The van der Waals surface area contributed by atoms with E-state index in [1.54, 1.807) is 0 Å². The number of amides is 1. The number of nitrogens with one attached hydrogen (secondary N) is 1. The van der Waals surface area contributed by atoms with E-state index in [9.17, 15) is 4.79 Å². The minimum absolute atomic E-state index is 0.0633. The molecule has 1 N–H and O–H groups in total. The molecule has 3 rings (SSSR count). The van der Waals surface area contributed by atoms with Crippen molar-refractivity contribution in [3.8, 4) is 11.5 Å². The van der Waals surface area contributed by atoms with Gasteiger partial charge in [-0.25, -0.2) is 0 Å². The van der Waals surface area contributed by atoms with Gasteiger partial charge in [-0.05, 0) is 50.2 Å². The summed E-state index contributed by atoms with van der Waals surface area (Å²) in [7, 11) is 0. The van der Waals surface area contributed by atoms with Crippen molar-refractivity contribution in [3.05, 3.63) is 60.5 Å². The largest absolute Gasteiger partial charge is 0.412 e. The molecule has 0 unspecified atom stereocenters. The Hall–Kier alpha value is -3.15. The molecule has 3 aromatic rings. The zero-order valence-corrected chi connectivity index (χ0v) is 14.3. The third kappa shape index (κ3) is 3.85. The first-order valence-electron chi connectivity index (χ1n) is 8.26. The van der Waals surface area contributed by atoms with Gasteiger partial charge in [-0.3, -0.25) is 4.79 Å². The van der Waals surface area contributed by atoms with Gasteiger partial charge in [-0.1, -0.05) is 18.2 Å². The van der Waals surface area contributed by atoms with Crippen LogP contribution in [0.15, 0.2) is 59.0 Å². The first-order valence-corrected chi connectivity index (χ1v) is 8.26. The fraction of sp³-hybridized carbons (Fsp3) is 0.211. The Morgan fingerprint density at radius 3 is 2.32 bits per heavy atom. The molecule has 6 heteroatoms. The van der Waals surface area contributed by atoms with E-state index in [0.29, 0.717) is 11.6 Å². The molecule has 0 aliphatic carbocycles. The maximum absolute atomic E-state index is 12.3. The molecule has 0 radical (unpaired) electrons. The molecule has 0 atom stereocenters. The lowest BCUT2D eigenvalue weighted by atomic mass is 10.2. The third-order valence-electron chi connectivity index (χ3n) is 3.89. The molecule has 0 aliphatic heterocycles. The average molecular weight is 336 g/mol. The van der Waals surface area contributed by atoms with E-state index in [-0.39, 0.29) is 5.89 Å². The van der Waals surface area contributed by atoms with Crippen LogP contribution >= 0.6 is 0 Å². The van der Waals surface area contributed by atoms with Crippen molar-refractivity contribution >= 4 is 17.3 Å². The van der Waals surface area contributed by atoms with Crippen LogP contribution in [0.5, 0.6) is 0 Å². The Labute approximate surface area is 146 Å². The van der Waals surface area contributed by atoms with Crippen LogP contribution in [0.4, 0.5) is 11.4 Å². The van der Waals surface area contributed by atoms with E-state index in [0.717, 1.165) is 24.3 Å². The highest BCUT2D eigenvalue weighted by Gasteiger charge is 2.16. The first kappa shape index (κ1) is 16.7. The number of hydrogen-bond acceptors (Lipinski definition) is 5. The van der Waals surface area contributed by atoms with Gasteiger partial charge in [-0.15, -0.1) is 10.2 Å². The van der Waals surface area contributed by atoms with Gasteiger partial charge >= 0.3 is 11.8 Å². The Morgan fingerprint density at radius 1 is 1.00 bits per heavy atom. The minimum Gasteiger partial charge on any atom is -0.412 e. The number of carbonyl (C=O) groups is 1. The van der Waals surface area contributed by atoms with E-state index < -0.39 is 5.91 Å². The van der Waals surface area contributed by atoms with E-state index in [1.165, 1.54) is 0 Å². The quantitative estimate of drug-likeness (QED) is 0.740. The summed E-state index contributed by atoms with van der Waals surface area (Å²) in [6, 6.07) is 17.0. The number of anilines is 2. The van der Waals surface area contributed by atoms with Gasteiger partial charge in [0.2, 0.25) is 5.89 Å². The van der Waals surface area contributed by atoms with Gasteiger partial charge in [-0.2, -0.15) is 0 Å². The van der Waals surface area contributed by atoms with E-state index in [2.05, 4.69) is 34.3 Å². The van der Waals surface area contributed by atoms with Crippen molar-refractivity contribution in [2.24, 2.45) is 0 Å². The summed E-state index contributed by atoms with van der Waals surface area (Å²) in [5, 5.41) is 10.5. The second-order valence-electron chi connectivity index (χ2n) is 5.45. The molecular formula is C19H20N4O2. The van der Waals surface area contributed by atoms with Crippen molar-refractivity contribution in [1.29, 1.82) is 0 Å². The maximum atomic E-state index is 12.3. The van der Waals surface area contributed by atoms with Crippen LogP contribution in [0, 0.1) is 0 Å². The van der Waals surface area contributed by atoms with Crippen molar-refractivity contribution in [2.45, 2.75) is 13.8 Å². The summed E-state index contributed by atoms with van der Waals surface area (Å²) in [5.74, 6) is -0.167. The average Bonchev–Trinajstić information content (AvgIpc) is 3.15. The number of benzene rings is 2. The molecule has 2 aromatic carbocycles. The van der Waals surface area contributed by atoms with Crippen LogP contribution in [0.25, 0.3) is 11.5 Å². The van der Waals surface area contributed by atoms with Crippen LogP contribution in [-0.4, -0.2) is 29.2 Å². The van der Waals surface area contributed by atoms with Crippen molar-refractivity contribution in [1.82, 2.24) is 10.2 Å². The second kappa shape index (κ2) is 7.61. The predicted octanol–water partition coefficient (Wildman–Crippen LogP) is 3.84. The zero-order chi connectivity index (χ0) is 17.6. The Kier molecular flexibility index (Phi) is 5.09. The van der Waals surface area contributed by atoms with Gasteiger partial charge in [0.05, 0.1) is 0 Å². The summed E-state index contributed by atoms with van der Waals surface area (Å²) in [6.07, 6.45) is 0. The molecule has 0 spiro atoms. The number of aromatic nitrogens is 2. The SMILES string of the molecule is CCN(CC)c1ccc(NC(=O)c2nnc(-c3ccccc3)o2)cc1. The van der Waals surface area contributed by atoms with Crippen molar-refractivity contribution < 1.29 is 9.21 Å². The summed E-state index contributed by atoms with van der Waals surface area (Å²) in [5.41, 5.74) is 2.57. The van der Waals surface area contributed by atoms with E-state index >= 15 is 0 Å². The van der Waals surface area contributed by atoms with Crippen LogP contribution < -0.4 is 10.2 Å². The highest BCUT2D eigenvalue weighted by Crippen LogP contribution is 2.20. The minimum atomic E-state index is -0.426. The molecule has 0 saturated heterocycles. The Bertz CT molecular complexity index is 824. The number of rotatable bonds is 6. The van der Waals surface area contributed by atoms with Gasteiger partial charge in [0.1, 0.15) is 0 Å². The van der Waals surface area contributed by atoms with E-state index in [1.807, 2.05) is 54.6 Å². The molecule has 0 fully saturated rings. The standard InChI is InChI=1S/C19H20N4O2/c1-3-23(4-2)16-12-10-15(11-13-16)20-17(24)19-22-21-18(25-19)14-8-6-5-7-9-14/h5-13H,3-4H2,1-2H3,(H,20,24). The molecule has 1 amide bonds. The van der Waals surface area contributed by atoms with Crippen LogP contribution in [0.1, 0.15) is 24.5 Å². The van der Waals surface area contributed by atoms with Crippen molar-refractivity contribution in [3.63, 3.8) is 0 Å². The monoisotopic (exact) mass is 336 g/mol. The number of nitrogens with zero attached hydrogens (tertiary/aromatic N) is 3. The normalized spacial score (nSPS) is 10.5. The first-order chi connectivity index (χ1) is 12.2. The fourth-order valence-corrected chi connectivity index (χ4v) is 2.54. The maximum Gasteiger partial charge on any atom is 0.313 e. The predicted molar refractivity (Wildman–Crippen MR) is 97.7 cm³/mol. The zero-order valence-electron chi connectivity index (χ0n) is 14.3. The summed E-state index contributed by atoms with van der Waals surface area (Å²) in [4.78, 5) is 14.5.